The van der Waals surface area contributed by atoms with Crippen molar-refractivity contribution in [2.45, 2.75) is 18.9 Å². The number of aliphatic hydroxyl groups is 2. The molecule has 1 atom stereocenters. The van der Waals surface area contributed by atoms with Gasteiger partial charge in [0.1, 0.15) is 0 Å². The van der Waals surface area contributed by atoms with E-state index in [1.54, 1.807) is 6.92 Å². The number of benzene rings is 2. The van der Waals surface area contributed by atoms with Crippen molar-refractivity contribution in [1.82, 2.24) is 0 Å². The summed E-state index contributed by atoms with van der Waals surface area (Å²) < 4.78 is 2.04. The molecule has 106 valence electrons. The van der Waals surface area contributed by atoms with Gasteiger partial charge >= 0.3 is 0 Å². The van der Waals surface area contributed by atoms with E-state index in [9.17, 15) is 5.11 Å². The molecule has 4 heteroatoms. The number of aliphatic hydroxyl groups excluding tert-OH is 1. The molecule has 0 bridgehead atoms. The molecule has 0 aliphatic heterocycles. The minimum atomic E-state index is -0.996. The molecule has 0 radical (unpaired) electrons. The van der Waals surface area contributed by atoms with Gasteiger partial charge in [0.05, 0.1) is 5.60 Å². The minimum Gasteiger partial charge on any atom is -0.396 e. The van der Waals surface area contributed by atoms with Crippen molar-refractivity contribution in [3.05, 3.63) is 57.0 Å². The molecular formula is C16H16Br2O2. The number of hydrogen-bond acceptors (Lipinski definition) is 2. The van der Waals surface area contributed by atoms with Gasteiger partial charge in [-0.25, -0.2) is 0 Å². The molecule has 0 amide bonds. The largest absolute Gasteiger partial charge is 0.396 e. The van der Waals surface area contributed by atoms with E-state index in [2.05, 4.69) is 31.9 Å². The normalized spacial score (nSPS) is 14.1. The van der Waals surface area contributed by atoms with Crippen LogP contribution in [-0.2, 0) is 5.60 Å². The van der Waals surface area contributed by atoms with Gasteiger partial charge in [-0.2, -0.15) is 0 Å². The molecule has 0 aromatic heterocycles. The minimum absolute atomic E-state index is 0.0347. The third-order valence-electron chi connectivity index (χ3n) is 3.35. The maximum Gasteiger partial charge on any atom is 0.0890 e. The second-order valence-electron chi connectivity index (χ2n) is 4.95. The Morgan fingerprint density at radius 1 is 1.05 bits per heavy atom. The van der Waals surface area contributed by atoms with Crippen molar-refractivity contribution >= 4 is 31.9 Å². The zero-order valence-corrected chi connectivity index (χ0v) is 14.3. The van der Waals surface area contributed by atoms with Crippen molar-refractivity contribution in [2.75, 3.05) is 6.61 Å². The van der Waals surface area contributed by atoms with Gasteiger partial charge in [0.25, 0.3) is 0 Å². The highest BCUT2D eigenvalue weighted by atomic mass is 79.9. The summed E-state index contributed by atoms with van der Waals surface area (Å²) in [5, 5.41) is 19.3. The molecule has 2 N–H and O–H groups in total. The zero-order valence-electron chi connectivity index (χ0n) is 11.1. The highest BCUT2D eigenvalue weighted by Gasteiger charge is 2.22. The lowest BCUT2D eigenvalue weighted by atomic mass is 9.91. The maximum absolute atomic E-state index is 10.3. The van der Waals surface area contributed by atoms with E-state index in [1.165, 1.54) is 0 Å². The lowest BCUT2D eigenvalue weighted by molar-refractivity contribution is 0.0299. The van der Waals surface area contributed by atoms with Crippen molar-refractivity contribution in [3.63, 3.8) is 0 Å². The molecule has 0 aliphatic carbocycles. The maximum atomic E-state index is 10.3. The number of halogens is 2. The summed E-state index contributed by atoms with van der Waals surface area (Å²) >= 11 is 6.99. The van der Waals surface area contributed by atoms with Crippen LogP contribution < -0.4 is 0 Å². The molecule has 2 nitrogen and oxygen atoms in total. The van der Waals surface area contributed by atoms with Gasteiger partial charge in [0.15, 0.2) is 0 Å². The van der Waals surface area contributed by atoms with Gasteiger partial charge in [-0.05, 0) is 35.7 Å². The van der Waals surface area contributed by atoms with Gasteiger partial charge in [0.2, 0.25) is 0 Å². The third-order valence-corrected chi connectivity index (χ3v) is 4.50. The molecule has 0 fully saturated rings. The van der Waals surface area contributed by atoms with E-state index >= 15 is 0 Å². The Kier molecular flexibility index (Phi) is 5.02. The van der Waals surface area contributed by atoms with Crippen molar-refractivity contribution in [1.29, 1.82) is 0 Å². The molecule has 0 saturated carbocycles. The first-order valence-corrected chi connectivity index (χ1v) is 7.92. The Balaban J connectivity index is 2.33. The summed E-state index contributed by atoms with van der Waals surface area (Å²) in [6, 6.07) is 13.8. The van der Waals surface area contributed by atoms with Crippen LogP contribution in [0.2, 0.25) is 0 Å². The van der Waals surface area contributed by atoms with E-state index in [0.29, 0.717) is 6.42 Å². The standard InChI is InChI=1S/C16H16Br2O2/c1-16(20,8-9-19)12-4-2-11(3-5-12)14-7-6-13(17)10-15(14)18/h2-7,10,19-20H,8-9H2,1H3. The van der Waals surface area contributed by atoms with E-state index in [-0.39, 0.29) is 6.61 Å². The van der Waals surface area contributed by atoms with Crippen LogP contribution in [0.5, 0.6) is 0 Å². The lowest BCUT2D eigenvalue weighted by Crippen LogP contribution is -2.22. The summed E-state index contributed by atoms with van der Waals surface area (Å²) in [7, 11) is 0. The van der Waals surface area contributed by atoms with Crippen molar-refractivity contribution in [3.8, 4) is 11.1 Å². The van der Waals surface area contributed by atoms with Crippen LogP contribution >= 0.6 is 31.9 Å². The predicted octanol–water partition coefficient (Wildman–Crippen LogP) is 4.47. The Bertz CT molecular complexity index is 592. The molecule has 0 heterocycles. The summed E-state index contributed by atoms with van der Waals surface area (Å²) in [4.78, 5) is 0. The Hall–Kier alpha value is -0.680. The molecule has 0 saturated heterocycles. The molecule has 2 aromatic carbocycles. The molecule has 2 rings (SSSR count). The van der Waals surface area contributed by atoms with Crippen molar-refractivity contribution in [2.24, 2.45) is 0 Å². The van der Waals surface area contributed by atoms with Gasteiger partial charge in [-0.3, -0.25) is 0 Å². The van der Waals surface area contributed by atoms with Gasteiger partial charge in [-0.1, -0.05) is 62.2 Å². The fraction of sp³-hybridized carbons (Fsp3) is 0.250. The Morgan fingerprint density at radius 3 is 2.25 bits per heavy atom. The predicted molar refractivity (Wildman–Crippen MR) is 88.6 cm³/mol. The Labute approximate surface area is 135 Å². The second-order valence-corrected chi connectivity index (χ2v) is 6.72. The molecule has 0 spiro atoms. The van der Waals surface area contributed by atoms with Crippen LogP contribution in [0.25, 0.3) is 11.1 Å². The van der Waals surface area contributed by atoms with Gasteiger partial charge in [-0.15, -0.1) is 0 Å². The topological polar surface area (TPSA) is 40.5 Å². The first kappa shape index (κ1) is 15.7. The highest BCUT2D eigenvalue weighted by molar-refractivity contribution is 9.11. The SMILES string of the molecule is CC(O)(CCO)c1ccc(-c2ccc(Br)cc2Br)cc1. The van der Waals surface area contributed by atoms with Crippen molar-refractivity contribution < 1.29 is 10.2 Å². The van der Waals surface area contributed by atoms with Crippen LogP contribution in [0.1, 0.15) is 18.9 Å². The zero-order chi connectivity index (χ0) is 14.8. The van der Waals surface area contributed by atoms with Crippen LogP contribution in [-0.4, -0.2) is 16.8 Å². The van der Waals surface area contributed by atoms with E-state index in [0.717, 1.165) is 25.6 Å². The van der Waals surface area contributed by atoms with Crippen LogP contribution in [0.15, 0.2) is 51.4 Å². The number of hydrogen-bond donors (Lipinski definition) is 2. The summed E-state index contributed by atoms with van der Waals surface area (Å²) in [6.45, 7) is 1.68. The fourth-order valence-electron chi connectivity index (χ4n) is 2.09. The summed E-state index contributed by atoms with van der Waals surface area (Å²) in [5.74, 6) is 0. The first-order chi connectivity index (χ1) is 9.44. The third kappa shape index (κ3) is 3.50. The average Bonchev–Trinajstić information content (AvgIpc) is 2.39. The van der Waals surface area contributed by atoms with Crippen LogP contribution in [0, 0.1) is 0 Å². The highest BCUT2D eigenvalue weighted by Crippen LogP contribution is 2.32. The lowest BCUT2D eigenvalue weighted by Gasteiger charge is -2.23. The van der Waals surface area contributed by atoms with E-state index in [1.807, 2.05) is 42.5 Å². The molecule has 0 aliphatic rings. The summed E-state index contributed by atoms with van der Waals surface area (Å²) in [6.07, 6.45) is 0.328. The molecule has 2 aromatic rings. The van der Waals surface area contributed by atoms with E-state index < -0.39 is 5.60 Å². The molecular weight excluding hydrogens is 384 g/mol. The second kappa shape index (κ2) is 6.39. The fourth-order valence-corrected chi connectivity index (χ4v) is 3.37. The quantitative estimate of drug-likeness (QED) is 0.796. The van der Waals surface area contributed by atoms with Gasteiger partial charge < -0.3 is 10.2 Å². The molecule has 20 heavy (non-hydrogen) atoms. The monoisotopic (exact) mass is 398 g/mol. The van der Waals surface area contributed by atoms with E-state index in [4.69, 9.17) is 5.11 Å². The number of rotatable bonds is 4. The Morgan fingerprint density at radius 2 is 1.70 bits per heavy atom. The first-order valence-electron chi connectivity index (χ1n) is 6.33. The average molecular weight is 400 g/mol. The van der Waals surface area contributed by atoms with Crippen LogP contribution in [0.3, 0.4) is 0 Å². The van der Waals surface area contributed by atoms with Gasteiger partial charge in [0, 0.05) is 22.0 Å². The summed E-state index contributed by atoms with van der Waals surface area (Å²) in [5.41, 5.74) is 1.99. The van der Waals surface area contributed by atoms with Crippen LogP contribution in [0.4, 0.5) is 0 Å². The molecule has 1 unspecified atom stereocenters. The smallest absolute Gasteiger partial charge is 0.0890 e.